The summed E-state index contributed by atoms with van der Waals surface area (Å²) in [5.74, 6) is -1.34. The second kappa shape index (κ2) is 6.93. The van der Waals surface area contributed by atoms with Gasteiger partial charge in [0.1, 0.15) is 23.0 Å². The summed E-state index contributed by atoms with van der Waals surface area (Å²) in [7, 11) is 0. The van der Waals surface area contributed by atoms with Crippen molar-refractivity contribution in [1.82, 2.24) is 24.8 Å². The number of alkyl halides is 3. The van der Waals surface area contributed by atoms with Gasteiger partial charge in [-0.3, -0.25) is 4.79 Å². The number of fused-ring (bicyclic) bond motifs is 1. The van der Waals surface area contributed by atoms with Gasteiger partial charge < -0.3 is 5.32 Å². The Morgan fingerprint density at radius 3 is 2.55 bits per heavy atom. The van der Waals surface area contributed by atoms with Crippen LogP contribution in [0, 0.1) is 5.82 Å². The predicted molar refractivity (Wildman–Crippen MR) is 93.4 cm³/mol. The van der Waals surface area contributed by atoms with Crippen molar-refractivity contribution in [1.29, 1.82) is 0 Å². The largest absolute Gasteiger partial charge is 0.433 e. The van der Waals surface area contributed by atoms with Crippen molar-refractivity contribution in [3.05, 3.63) is 71.8 Å². The lowest BCUT2D eigenvalue weighted by Crippen LogP contribution is -2.17. The summed E-state index contributed by atoms with van der Waals surface area (Å²) in [6.45, 7) is 0. The van der Waals surface area contributed by atoms with Crippen LogP contribution in [-0.2, 0) is 6.18 Å². The molecule has 7 nitrogen and oxygen atoms in total. The molecule has 1 N–H and O–H groups in total. The molecule has 4 aromatic rings. The standard InChI is InChI=1S/C18H10F4N6O/c19-11-4-1-3-10(9-11)16-26-25-15-8-7-12(27-28(15)16)17(29)24-14-6-2-5-13(23-14)18(20,21)22/h1-9H,(H,23,24,29). The number of hydrogen-bond donors (Lipinski definition) is 1. The molecular weight excluding hydrogens is 392 g/mol. The topological polar surface area (TPSA) is 85.1 Å². The average Bonchev–Trinajstić information content (AvgIpc) is 3.11. The third kappa shape index (κ3) is 3.74. The van der Waals surface area contributed by atoms with Crippen LogP contribution in [0.5, 0.6) is 0 Å². The van der Waals surface area contributed by atoms with E-state index in [1.807, 2.05) is 0 Å². The van der Waals surface area contributed by atoms with Crippen LogP contribution in [0.15, 0.2) is 54.6 Å². The van der Waals surface area contributed by atoms with Gasteiger partial charge in [-0.25, -0.2) is 9.37 Å². The minimum absolute atomic E-state index is 0.117. The van der Waals surface area contributed by atoms with Gasteiger partial charge >= 0.3 is 6.18 Å². The normalized spacial score (nSPS) is 11.6. The highest BCUT2D eigenvalue weighted by Gasteiger charge is 2.32. The number of aromatic nitrogens is 5. The molecule has 0 fully saturated rings. The number of pyridine rings is 1. The van der Waals surface area contributed by atoms with Crippen LogP contribution in [0.25, 0.3) is 17.0 Å². The number of benzene rings is 1. The van der Waals surface area contributed by atoms with Gasteiger partial charge in [0.15, 0.2) is 11.5 Å². The number of rotatable bonds is 3. The van der Waals surface area contributed by atoms with Crippen molar-refractivity contribution in [2.45, 2.75) is 6.18 Å². The smallest absolute Gasteiger partial charge is 0.305 e. The molecular formula is C18H10F4N6O. The van der Waals surface area contributed by atoms with Gasteiger partial charge in [-0.2, -0.15) is 22.8 Å². The Labute approximate surface area is 160 Å². The highest BCUT2D eigenvalue weighted by molar-refractivity contribution is 6.02. The van der Waals surface area contributed by atoms with Gasteiger partial charge in [0.2, 0.25) is 0 Å². The first kappa shape index (κ1) is 18.5. The molecule has 3 aromatic heterocycles. The summed E-state index contributed by atoms with van der Waals surface area (Å²) in [5, 5.41) is 14.2. The number of hydrogen-bond acceptors (Lipinski definition) is 5. The van der Waals surface area contributed by atoms with Crippen molar-refractivity contribution in [2.24, 2.45) is 0 Å². The molecule has 11 heteroatoms. The molecule has 0 saturated heterocycles. The minimum Gasteiger partial charge on any atom is -0.305 e. The van der Waals surface area contributed by atoms with Gasteiger partial charge in [-0.05, 0) is 36.4 Å². The van der Waals surface area contributed by atoms with E-state index in [2.05, 4.69) is 25.6 Å². The maximum Gasteiger partial charge on any atom is 0.433 e. The third-order valence-electron chi connectivity index (χ3n) is 3.86. The molecule has 146 valence electrons. The molecule has 0 saturated carbocycles. The molecule has 0 bridgehead atoms. The molecule has 29 heavy (non-hydrogen) atoms. The lowest BCUT2D eigenvalue weighted by molar-refractivity contribution is -0.141. The molecule has 4 rings (SSSR count). The van der Waals surface area contributed by atoms with Gasteiger partial charge in [-0.1, -0.05) is 18.2 Å². The van der Waals surface area contributed by atoms with Crippen molar-refractivity contribution in [2.75, 3.05) is 5.32 Å². The van der Waals surface area contributed by atoms with Crippen LogP contribution in [0.3, 0.4) is 0 Å². The first-order valence-corrected chi connectivity index (χ1v) is 8.15. The summed E-state index contributed by atoms with van der Waals surface area (Å²) in [4.78, 5) is 15.8. The van der Waals surface area contributed by atoms with E-state index in [1.165, 1.54) is 40.9 Å². The lowest BCUT2D eigenvalue weighted by Gasteiger charge is -2.08. The zero-order valence-electron chi connectivity index (χ0n) is 14.4. The van der Waals surface area contributed by atoms with Crippen molar-refractivity contribution in [3.8, 4) is 11.4 Å². The van der Waals surface area contributed by atoms with E-state index >= 15 is 0 Å². The quantitative estimate of drug-likeness (QED) is 0.530. The Morgan fingerprint density at radius 2 is 1.79 bits per heavy atom. The molecule has 0 aliphatic carbocycles. The molecule has 3 heterocycles. The fourth-order valence-corrected chi connectivity index (χ4v) is 2.56. The van der Waals surface area contributed by atoms with Gasteiger partial charge in [0, 0.05) is 5.56 Å². The molecule has 1 aromatic carbocycles. The summed E-state index contributed by atoms with van der Waals surface area (Å²) < 4.78 is 53.0. The SMILES string of the molecule is O=C(Nc1cccc(C(F)(F)F)n1)c1ccc2nnc(-c3cccc(F)c3)n2n1. The third-order valence-corrected chi connectivity index (χ3v) is 3.86. The Bertz CT molecular complexity index is 1220. The van der Waals surface area contributed by atoms with Crippen LogP contribution in [0.1, 0.15) is 16.2 Å². The highest BCUT2D eigenvalue weighted by Crippen LogP contribution is 2.28. The second-order valence-corrected chi connectivity index (χ2v) is 5.88. The number of halogens is 4. The summed E-state index contributed by atoms with van der Waals surface area (Å²) in [6, 6.07) is 11.5. The lowest BCUT2D eigenvalue weighted by atomic mass is 10.2. The van der Waals surface area contributed by atoms with Crippen LogP contribution < -0.4 is 5.32 Å². The van der Waals surface area contributed by atoms with E-state index < -0.39 is 23.6 Å². The maximum atomic E-state index is 13.5. The van der Waals surface area contributed by atoms with Gasteiger partial charge in [0.25, 0.3) is 5.91 Å². The molecule has 0 atom stereocenters. The maximum absolute atomic E-state index is 13.5. The Hall–Kier alpha value is -3.89. The number of amides is 1. The first-order chi connectivity index (χ1) is 13.8. The Morgan fingerprint density at radius 1 is 1.00 bits per heavy atom. The van der Waals surface area contributed by atoms with E-state index in [-0.39, 0.29) is 17.3 Å². The highest BCUT2D eigenvalue weighted by atomic mass is 19.4. The number of carbonyl (C=O) groups is 1. The average molecular weight is 402 g/mol. The molecule has 1 amide bonds. The summed E-state index contributed by atoms with van der Waals surface area (Å²) >= 11 is 0. The fourth-order valence-electron chi connectivity index (χ4n) is 2.56. The zero-order chi connectivity index (χ0) is 20.6. The van der Waals surface area contributed by atoms with E-state index in [0.717, 1.165) is 12.1 Å². The van der Waals surface area contributed by atoms with Crippen molar-refractivity contribution >= 4 is 17.4 Å². The van der Waals surface area contributed by atoms with Crippen LogP contribution in [0.4, 0.5) is 23.4 Å². The van der Waals surface area contributed by atoms with E-state index in [0.29, 0.717) is 11.2 Å². The molecule has 0 aliphatic rings. The molecule has 0 spiro atoms. The zero-order valence-corrected chi connectivity index (χ0v) is 14.4. The minimum atomic E-state index is -4.64. The Balaban J connectivity index is 1.66. The van der Waals surface area contributed by atoms with Crippen molar-refractivity contribution < 1.29 is 22.4 Å². The van der Waals surface area contributed by atoms with Crippen LogP contribution >= 0.6 is 0 Å². The molecule has 0 radical (unpaired) electrons. The first-order valence-electron chi connectivity index (χ1n) is 8.15. The number of nitrogens with zero attached hydrogens (tertiary/aromatic N) is 5. The molecule has 0 unspecified atom stereocenters. The number of carbonyl (C=O) groups excluding carboxylic acids is 1. The van der Waals surface area contributed by atoms with E-state index in [1.54, 1.807) is 6.07 Å². The summed E-state index contributed by atoms with van der Waals surface area (Å²) in [6.07, 6.45) is -4.64. The monoisotopic (exact) mass is 402 g/mol. The van der Waals surface area contributed by atoms with Gasteiger partial charge in [-0.15, -0.1) is 10.2 Å². The van der Waals surface area contributed by atoms with E-state index in [9.17, 15) is 22.4 Å². The van der Waals surface area contributed by atoms with Crippen molar-refractivity contribution in [3.63, 3.8) is 0 Å². The second-order valence-electron chi connectivity index (χ2n) is 5.88. The summed E-state index contributed by atoms with van der Waals surface area (Å²) in [5.41, 5.74) is -0.555. The van der Waals surface area contributed by atoms with Crippen LogP contribution in [0.2, 0.25) is 0 Å². The fraction of sp³-hybridized carbons (Fsp3) is 0.0556. The molecule has 0 aliphatic heterocycles. The number of anilines is 1. The Kier molecular flexibility index (Phi) is 4.41. The predicted octanol–water partition coefficient (Wildman–Crippen LogP) is 3.60. The van der Waals surface area contributed by atoms with Gasteiger partial charge in [0.05, 0.1) is 0 Å². The number of nitrogens with one attached hydrogen (secondary N) is 1. The van der Waals surface area contributed by atoms with Crippen LogP contribution in [-0.4, -0.2) is 30.7 Å². The van der Waals surface area contributed by atoms with E-state index in [4.69, 9.17) is 0 Å².